The van der Waals surface area contributed by atoms with Crippen molar-refractivity contribution < 1.29 is 9.59 Å². The first kappa shape index (κ1) is 18.7. The van der Waals surface area contributed by atoms with Gasteiger partial charge in [-0.05, 0) is 36.9 Å². The third-order valence-corrected chi connectivity index (χ3v) is 5.66. The monoisotopic (exact) mass is 374 g/mol. The number of carbonyl (C=O) groups excluding carboxylic acids is 2. The molecule has 7 heteroatoms. The highest BCUT2D eigenvalue weighted by molar-refractivity contribution is 7.12. The molecule has 0 saturated carbocycles. The Balaban J connectivity index is 1.55. The standard InChI is InChI=1S/C19H26N4O2S/c1-3-15(2)20-17(24)14-21-9-11-23(12-10-21)19(25)18-16(6-13-26-18)22-7-4-5-8-22/h4-8,13,15H,3,9-12,14H2,1-2H3,(H,20,24). The molecule has 0 bridgehead atoms. The average Bonchev–Trinajstić information content (AvgIpc) is 3.32. The summed E-state index contributed by atoms with van der Waals surface area (Å²) in [6, 6.07) is 6.09. The lowest BCUT2D eigenvalue weighted by atomic mass is 10.2. The summed E-state index contributed by atoms with van der Waals surface area (Å²) in [5.74, 6) is 0.139. The maximum absolute atomic E-state index is 12.9. The van der Waals surface area contributed by atoms with Crippen LogP contribution in [-0.2, 0) is 4.79 Å². The summed E-state index contributed by atoms with van der Waals surface area (Å²) in [5, 5.41) is 4.95. The second-order valence-corrected chi connectivity index (χ2v) is 7.59. The summed E-state index contributed by atoms with van der Waals surface area (Å²) >= 11 is 1.48. The zero-order valence-corrected chi connectivity index (χ0v) is 16.2. The fourth-order valence-corrected chi connectivity index (χ4v) is 3.90. The molecule has 1 atom stereocenters. The molecule has 6 nitrogen and oxygen atoms in total. The summed E-state index contributed by atoms with van der Waals surface area (Å²) in [4.78, 5) is 29.7. The zero-order chi connectivity index (χ0) is 18.5. The molecule has 0 aromatic carbocycles. The van der Waals surface area contributed by atoms with E-state index in [9.17, 15) is 9.59 Å². The van der Waals surface area contributed by atoms with Gasteiger partial charge in [-0.2, -0.15) is 0 Å². The Labute approximate surface area is 158 Å². The molecule has 2 aromatic heterocycles. The minimum Gasteiger partial charge on any atom is -0.353 e. The maximum Gasteiger partial charge on any atom is 0.266 e. The number of nitrogens with one attached hydrogen (secondary N) is 1. The lowest BCUT2D eigenvalue weighted by Gasteiger charge is -2.34. The molecule has 1 unspecified atom stereocenters. The quantitative estimate of drug-likeness (QED) is 0.843. The number of piperazine rings is 1. The maximum atomic E-state index is 12.9. The van der Waals surface area contributed by atoms with E-state index in [0.717, 1.165) is 30.1 Å². The van der Waals surface area contributed by atoms with Crippen LogP contribution in [0.5, 0.6) is 0 Å². The summed E-state index contributed by atoms with van der Waals surface area (Å²) in [5.41, 5.74) is 0.931. The lowest BCUT2D eigenvalue weighted by molar-refractivity contribution is -0.123. The minimum absolute atomic E-state index is 0.0623. The Kier molecular flexibility index (Phi) is 6.11. The second kappa shape index (κ2) is 8.51. The number of rotatable bonds is 6. The van der Waals surface area contributed by atoms with Gasteiger partial charge in [0.25, 0.3) is 5.91 Å². The fraction of sp³-hybridized carbons (Fsp3) is 0.474. The van der Waals surface area contributed by atoms with E-state index in [1.807, 2.05) is 52.4 Å². The van der Waals surface area contributed by atoms with E-state index < -0.39 is 0 Å². The van der Waals surface area contributed by atoms with Crippen LogP contribution in [0.3, 0.4) is 0 Å². The van der Waals surface area contributed by atoms with Crippen LogP contribution in [0, 0.1) is 0 Å². The predicted molar refractivity (Wildman–Crippen MR) is 104 cm³/mol. The molecule has 1 fully saturated rings. The second-order valence-electron chi connectivity index (χ2n) is 6.67. The highest BCUT2D eigenvalue weighted by Gasteiger charge is 2.26. The van der Waals surface area contributed by atoms with Crippen molar-refractivity contribution in [2.75, 3.05) is 32.7 Å². The molecular weight excluding hydrogens is 348 g/mol. The number of hydrogen-bond donors (Lipinski definition) is 1. The Morgan fingerprint density at radius 1 is 1.19 bits per heavy atom. The van der Waals surface area contributed by atoms with E-state index in [4.69, 9.17) is 0 Å². The number of nitrogens with zero attached hydrogens (tertiary/aromatic N) is 3. The molecule has 0 aliphatic carbocycles. The summed E-state index contributed by atoms with van der Waals surface area (Å²) in [7, 11) is 0. The summed E-state index contributed by atoms with van der Waals surface area (Å²) < 4.78 is 1.97. The fourth-order valence-electron chi connectivity index (χ4n) is 3.04. The highest BCUT2D eigenvalue weighted by atomic mass is 32.1. The van der Waals surface area contributed by atoms with Crippen LogP contribution in [0.2, 0.25) is 0 Å². The molecule has 0 radical (unpaired) electrons. The molecule has 140 valence electrons. The molecule has 1 saturated heterocycles. The van der Waals surface area contributed by atoms with Gasteiger partial charge in [0, 0.05) is 44.6 Å². The normalized spacial score (nSPS) is 16.5. The van der Waals surface area contributed by atoms with Crippen LogP contribution in [0.15, 0.2) is 36.0 Å². The van der Waals surface area contributed by atoms with Gasteiger partial charge < -0.3 is 14.8 Å². The molecule has 2 aromatic rings. The number of amides is 2. The number of aromatic nitrogens is 1. The van der Waals surface area contributed by atoms with Crippen LogP contribution >= 0.6 is 11.3 Å². The van der Waals surface area contributed by atoms with Crippen molar-refractivity contribution in [1.29, 1.82) is 0 Å². The van der Waals surface area contributed by atoms with E-state index >= 15 is 0 Å². The van der Waals surface area contributed by atoms with Gasteiger partial charge in [0.15, 0.2) is 0 Å². The van der Waals surface area contributed by atoms with Crippen molar-refractivity contribution in [3.63, 3.8) is 0 Å². The van der Waals surface area contributed by atoms with Crippen LogP contribution in [-0.4, -0.2) is 64.9 Å². The van der Waals surface area contributed by atoms with Gasteiger partial charge in [0.1, 0.15) is 4.88 Å². The van der Waals surface area contributed by atoms with E-state index in [1.54, 1.807) is 0 Å². The van der Waals surface area contributed by atoms with Gasteiger partial charge in [-0.25, -0.2) is 0 Å². The van der Waals surface area contributed by atoms with Gasteiger partial charge in [0.05, 0.1) is 12.2 Å². The number of hydrogen-bond acceptors (Lipinski definition) is 4. The number of carbonyl (C=O) groups is 2. The van der Waals surface area contributed by atoms with E-state index in [-0.39, 0.29) is 17.9 Å². The molecule has 26 heavy (non-hydrogen) atoms. The topological polar surface area (TPSA) is 57.6 Å². The Hall–Kier alpha value is -2.12. The Morgan fingerprint density at radius 2 is 1.88 bits per heavy atom. The van der Waals surface area contributed by atoms with E-state index in [1.165, 1.54) is 11.3 Å². The minimum atomic E-state index is 0.0623. The van der Waals surface area contributed by atoms with Crippen LogP contribution in [0.1, 0.15) is 29.9 Å². The molecule has 1 N–H and O–H groups in total. The molecule has 2 amide bonds. The van der Waals surface area contributed by atoms with Crippen LogP contribution in [0.4, 0.5) is 0 Å². The highest BCUT2D eigenvalue weighted by Crippen LogP contribution is 2.23. The average molecular weight is 375 g/mol. The molecule has 3 heterocycles. The third kappa shape index (κ3) is 4.34. The predicted octanol–water partition coefficient (Wildman–Crippen LogP) is 2.21. The third-order valence-electron chi connectivity index (χ3n) is 4.77. The molecule has 0 spiro atoms. The van der Waals surface area contributed by atoms with Gasteiger partial charge in [-0.15, -0.1) is 11.3 Å². The first-order chi connectivity index (χ1) is 12.6. The smallest absolute Gasteiger partial charge is 0.266 e. The van der Waals surface area contributed by atoms with E-state index in [0.29, 0.717) is 19.6 Å². The zero-order valence-electron chi connectivity index (χ0n) is 15.4. The van der Waals surface area contributed by atoms with Crippen molar-refractivity contribution in [1.82, 2.24) is 19.7 Å². The lowest BCUT2D eigenvalue weighted by Crippen LogP contribution is -2.51. The molecular formula is C19H26N4O2S. The van der Waals surface area contributed by atoms with Crippen molar-refractivity contribution in [3.05, 3.63) is 40.8 Å². The molecule has 1 aliphatic heterocycles. The first-order valence-corrected chi connectivity index (χ1v) is 9.98. The first-order valence-electron chi connectivity index (χ1n) is 9.10. The molecule has 1 aliphatic rings. The van der Waals surface area contributed by atoms with Gasteiger partial charge >= 0.3 is 0 Å². The largest absolute Gasteiger partial charge is 0.353 e. The molecule has 3 rings (SSSR count). The SMILES string of the molecule is CCC(C)NC(=O)CN1CCN(C(=O)c2sccc2-n2cccc2)CC1. The van der Waals surface area contributed by atoms with Gasteiger partial charge in [-0.3, -0.25) is 14.5 Å². The van der Waals surface area contributed by atoms with Crippen molar-refractivity contribution >= 4 is 23.2 Å². The van der Waals surface area contributed by atoms with Crippen molar-refractivity contribution in [2.45, 2.75) is 26.3 Å². The summed E-state index contributed by atoms with van der Waals surface area (Å²) in [6.07, 6.45) is 4.83. The van der Waals surface area contributed by atoms with Crippen LogP contribution in [0.25, 0.3) is 5.69 Å². The Bertz CT molecular complexity index is 733. The summed E-state index contributed by atoms with van der Waals surface area (Å²) in [6.45, 7) is 7.23. The van der Waals surface area contributed by atoms with Crippen molar-refractivity contribution in [2.24, 2.45) is 0 Å². The number of thiophene rings is 1. The van der Waals surface area contributed by atoms with Gasteiger partial charge in [-0.1, -0.05) is 6.92 Å². The van der Waals surface area contributed by atoms with Crippen LogP contribution < -0.4 is 5.32 Å². The van der Waals surface area contributed by atoms with E-state index in [2.05, 4.69) is 17.1 Å². The van der Waals surface area contributed by atoms with Crippen molar-refractivity contribution in [3.8, 4) is 5.69 Å². The van der Waals surface area contributed by atoms with Gasteiger partial charge in [0.2, 0.25) is 5.91 Å². The Morgan fingerprint density at radius 3 is 2.54 bits per heavy atom.